The first-order valence-electron chi connectivity index (χ1n) is 8.86. The van der Waals surface area contributed by atoms with Gasteiger partial charge in [0.1, 0.15) is 5.75 Å². The van der Waals surface area contributed by atoms with Crippen molar-refractivity contribution >= 4 is 15.9 Å². The fraction of sp³-hybridized carbons (Fsp3) is 0.938. The predicted octanol–water partition coefficient (Wildman–Crippen LogP) is 1.29. The van der Waals surface area contributed by atoms with Gasteiger partial charge in [0.25, 0.3) is 0 Å². The Morgan fingerprint density at radius 1 is 1.26 bits per heavy atom. The first-order chi connectivity index (χ1) is 10.9. The monoisotopic (exact) mass is 347 g/mol. The van der Waals surface area contributed by atoms with E-state index in [-0.39, 0.29) is 0 Å². The average Bonchev–Trinajstić information content (AvgIpc) is 2.47. The number of carbonyl (C=O) groups is 1. The highest BCUT2D eigenvalue weighted by atomic mass is 32.2. The molecule has 1 saturated heterocycles. The van der Waals surface area contributed by atoms with Crippen molar-refractivity contribution in [3.05, 3.63) is 0 Å². The van der Waals surface area contributed by atoms with Gasteiger partial charge in [-0.3, -0.25) is 4.79 Å². The number of nitrogens with one attached hydrogen (secondary N) is 1. The van der Waals surface area contributed by atoms with Crippen LogP contribution >= 0.6 is 0 Å². The summed E-state index contributed by atoms with van der Waals surface area (Å²) in [6, 6.07) is 0. The van der Waals surface area contributed by atoms with Crippen molar-refractivity contribution in [2.75, 3.05) is 45.0 Å². The van der Waals surface area contributed by atoms with Gasteiger partial charge in [-0.05, 0) is 44.7 Å². The zero-order valence-electron chi connectivity index (χ0n) is 14.9. The van der Waals surface area contributed by atoms with Gasteiger partial charge in [-0.25, -0.2) is 12.7 Å². The van der Waals surface area contributed by atoms with Gasteiger partial charge in [0, 0.05) is 26.2 Å². The first-order valence-corrected chi connectivity index (χ1v) is 10.5. The molecule has 0 radical (unpaired) electrons. The Balaban J connectivity index is 2.16. The number of likely N-dealkylation sites (tertiary alicyclic amines) is 1. The molecular weight excluding hydrogens is 314 g/mol. The van der Waals surface area contributed by atoms with Crippen LogP contribution in [0.25, 0.3) is 0 Å². The first kappa shape index (κ1) is 20.4. The molecule has 1 unspecified atom stereocenters. The van der Waals surface area contributed by atoms with E-state index in [2.05, 4.69) is 17.1 Å². The van der Waals surface area contributed by atoms with E-state index in [0.717, 1.165) is 25.3 Å². The maximum atomic E-state index is 12.0. The second kappa shape index (κ2) is 10.3. The molecule has 0 spiro atoms. The van der Waals surface area contributed by atoms with Crippen LogP contribution in [0.5, 0.6) is 0 Å². The standard InChI is InChI=1S/C16H33N3O3S/c1-4-19(5-2)23(21,22)14-16(20)17-10-6-7-11-18-12-8-9-15(3)13-18/h15H,4-14H2,1-3H3,(H,17,20). The summed E-state index contributed by atoms with van der Waals surface area (Å²) in [5.41, 5.74) is 0. The summed E-state index contributed by atoms with van der Waals surface area (Å²) in [6.07, 6.45) is 4.53. The zero-order chi connectivity index (χ0) is 17.3. The third-order valence-electron chi connectivity index (χ3n) is 4.38. The summed E-state index contributed by atoms with van der Waals surface area (Å²) in [4.78, 5) is 14.3. The van der Waals surface area contributed by atoms with Crippen LogP contribution in [0.3, 0.4) is 0 Å². The average molecular weight is 348 g/mol. The molecule has 0 aromatic heterocycles. The van der Waals surface area contributed by atoms with Crippen molar-refractivity contribution in [2.45, 2.75) is 46.5 Å². The number of piperidine rings is 1. The van der Waals surface area contributed by atoms with Gasteiger partial charge in [0.2, 0.25) is 15.9 Å². The van der Waals surface area contributed by atoms with Crippen LogP contribution in [0.1, 0.15) is 46.5 Å². The van der Waals surface area contributed by atoms with Crippen LogP contribution in [0.4, 0.5) is 0 Å². The fourth-order valence-corrected chi connectivity index (χ4v) is 4.51. The Morgan fingerprint density at radius 3 is 2.57 bits per heavy atom. The molecule has 0 bridgehead atoms. The molecule has 136 valence electrons. The number of nitrogens with zero attached hydrogens (tertiary/aromatic N) is 2. The van der Waals surface area contributed by atoms with E-state index in [1.807, 2.05) is 0 Å². The molecule has 1 aliphatic rings. The largest absolute Gasteiger partial charge is 0.355 e. The predicted molar refractivity (Wildman–Crippen MR) is 93.8 cm³/mol. The molecule has 1 atom stereocenters. The summed E-state index contributed by atoms with van der Waals surface area (Å²) >= 11 is 0. The van der Waals surface area contributed by atoms with E-state index in [0.29, 0.717) is 19.6 Å². The lowest BCUT2D eigenvalue weighted by Gasteiger charge is -2.30. The van der Waals surface area contributed by atoms with E-state index in [9.17, 15) is 13.2 Å². The van der Waals surface area contributed by atoms with E-state index >= 15 is 0 Å². The number of sulfonamides is 1. The van der Waals surface area contributed by atoms with E-state index < -0.39 is 21.7 Å². The topological polar surface area (TPSA) is 69.7 Å². The molecule has 0 aromatic carbocycles. The maximum Gasteiger partial charge on any atom is 0.236 e. The van der Waals surface area contributed by atoms with Gasteiger partial charge in [-0.1, -0.05) is 20.8 Å². The van der Waals surface area contributed by atoms with Crippen molar-refractivity contribution in [3.63, 3.8) is 0 Å². The molecule has 1 aliphatic heterocycles. The molecule has 0 aromatic rings. The second-order valence-electron chi connectivity index (χ2n) is 6.45. The van der Waals surface area contributed by atoms with Crippen LogP contribution in [0, 0.1) is 5.92 Å². The fourth-order valence-electron chi connectivity index (χ4n) is 3.10. The van der Waals surface area contributed by atoms with Crippen molar-refractivity contribution in [3.8, 4) is 0 Å². The highest BCUT2D eigenvalue weighted by Crippen LogP contribution is 2.15. The summed E-state index contributed by atoms with van der Waals surface area (Å²) in [6.45, 7) is 10.6. The van der Waals surface area contributed by atoms with Crippen molar-refractivity contribution in [1.82, 2.24) is 14.5 Å². The zero-order valence-corrected chi connectivity index (χ0v) is 15.7. The van der Waals surface area contributed by atoms with Crippen LogP contribution in [-0.2, 0) is 14.8 Å². The SMILES string of the molecule is CCN(CC)S(=O)(=O)CC(=O)NCCCCN1CCCC(C)C1. The van der Waals surface area contributed by atoms with Crippen LogP contribution < -0.4 is 5.32 Å². The molecule has 1 heterocycles. The highest BCUT2D eigenvalue weighted by Gasteiger charge is 2.22. The molecule has 0 aliphatic carbocycles. The minimum absolute atomic E-state index is 0.400. The molecule has 0 saturated carbocycles. The van der Waals surface area contributed by atoms with Crippen molar-refractivity contribution in [2.24, 2.45) is 5.92 Å². The molecule has 7 heteroatoms. The lowest BCUT2D eigenvalue weighted by atomic mass is 10.0. The quantitative estimate of drug-likeness (QED) is 0.605. The Kier molecular flexibility index (Phi) is 9.09. The molecular formula is C16H33N3O3S. The summed E-state index contributed by atoms with van der Waals surface area (Å²) in [5, 5.41) is 2.73. The molecule has 6 nitrogen and oxygen atoms in total. The van der Waals surface area contributed by atoms with Crippen LogP contribution in [-0.4, -0.2) is 68.6 Å². The van der Waals surface area contributed by atoms with Crippen molar-refractivity contribution in [1.29, 1.82) is 0 Å². The Bertz CT molecular complexity index is 449. The van der Waals surface area contributed by atoms with Gasteiger partial charge in [-0.2, -0.15) is 0 Å². The summed E-state index contributed by atoms with van der Waals surface area (Å²) < 4.78 is 25.3. The maximum absolute atomic E-state index is 12.0. The Morgan fingerprint density at radius 2 is 1.96 bits per heavy atom. The minimum atomic E-state index is -3.47. The lowest BCUT2D eigenvalue weighted by Crippen LogP contribution is -2.39. The van der Waals surface area contributed by atoms with Gasteiger partial charge in [0.15, 0.2) is 0 Å². The molecule has 1 fully saturated rings. The lowest BCUT2D eigenvalue weighted by molar-refractivity contribution is -0.118. The van der Waals surface area contributed by atoms with Crippen molar-refractivity contribution < 1.29 is 13.2 Å². The normalized spacial score (nSPS) is 19.9. The number of hydrogen-bond acceptors (Lipinski definition) is 4. The third kappa shape index (κ3) is 7.63. The minimum Gasteiger partial charge on any atom is -0.355 e. The van der Waals surface area contributed by atoms with Gasteiger partial charge in [0.05, 0.1) is 0 Å². The number of rotatable bonds is 10. The van der Waals surface area contributed by atoms with E-state index in [1.54, 1.807) is 13.8 Å². The van der Waals surface area contributed by atoms with Gasteiger partial charge < -0.3 is 10.2 Å². The number of amides is 1. The van der Waals surface area contributed by atoms with E-state index in [1.165, 1.54) is 30.2 Å². The number of carbonyl (C=O) groups excluding carboxylic acids is 1. The smallest absolute Gasteiger partial charge is 0.236 e. The second-order valence-corrected chi connectivity index (χ2v) is 8.41. The Labute approximate surface area is 141 Å². The molecule has 1 rings (SSSR count). The molecule has 1 amide bonds. The molecule has 1 N–H and O–H groups in total. The summed E-state index contributed by atoms with van der Waals surface area (Å²) in [5.74, 6) is -0.0598. The Hall–Kier alpha value is -0.660. The summed E-state index contributed by atoms with van der Waals surface area (Å²) in [7, 11) is -3.47. The highest BCUT2D eigenvalue weighted by molar-refractivity contribution is 7.89. The van der Waals surface area contributed by atoms with Crippen LogP contribution in [0.15, 0.2) is 0 Å². The van der Waals surface area contributed by atoms with Gasteiger partial charge in [-0.15, -0.1) is 0 Å². The van der Waals surface area contributed by atoms with E-state index in [4.69, 9.17) is 0 Å². The number of unbranched alkanes of at least 4 members (excludes halogenated alkanes) is 1. The molecule has 23 heavy (non-hydrogen) atoms. The third-order valence-corrected chi connectivity index (χ3v) is 6.31. The van der Waals surface area contributed by atoms with Crippen LogP contribution in [0.2, 0.25) is 0 Å². The van der Waals surface area contributed by atoms with Gasteiger partial charge >= 0.3 is 0 Å². The number of hydrogen-bond donors (Lipinski definition) is 1.